The van der Waals surface area contributed by atoms with Crippen molar-refractivity contribution in [2.75, 3.05) is 4.90 Å². The van der Waals surface area contributed by atoms with Crippen molar-refractivity contribution in [1.29, 1.82) is 5.26 Å². The maximum absolute atomic E-state index is 13.5. The topological polar surface area (TPSA) is 61.9 Å². The first-order valence-electron chi connectivity index (χ1n) is 9.21. The number of halogens is 2. The summed E-state index contributed by atoms with van der Waals surface area (Å²) in [6.07, 6.45) is 0. The fourth-order valence-corrected chi connectivity index (χ4v) is 4.78. The molecule has 2 aromatic carbocycles. The molecule has 0 saturated heterocycles. The molecule has 0 fully saturated rings. The molecule has 1 amide bonds. The molecular formula is C22H18BrClN4O. The molecule has 0 aliphatic carbocycles. The minimum atomic E-state index is -0.345. The van der Waals surface area contributed by atoms with Gasteiger partial charge < -0.3 is 4.57 Å². The smallest absolute Gasteiger partial charge is 0.279 e. The molecule has 0 radical (unpaired) electrons. The van der Waals surface area contributed by atoms with Gasteiger partial charge in [-0.3, -0.25) is 9.69 Å². The number of carbonyl (C=O) groups is 1. The number of carbonyl (C=O) groups excluding carboxylic acids is 1. The predicted octanol–water partition coefficient (Wildman–Crippen LogP) is 5.81. The van der Waals surface area contributed by atoms with Crippen molar-refractivity contribution in [3.63, 3.8) is 0 Å². The van der Waals surface area contributed by atoms with Crippen LogP contribution in [0.25, 0.3) is 0 Å². The molecule has 0 bridgehead atoms. The Kier molecular flexibility index (Phi) is 4.97. The van der Waals surface area contributed by atoms with Crippen molar-refractivity contribution in [3.05, 3.63) is 80.3 Å². The number of rotatable bonds is 3. The Morgan fingerprint density at radius 2 is 1.90 bits per heavy atom. The molecule has 2 heterocycles. The van der Waals surface area contributed by atoms with Gasteiger partial charge in [-0.1, -0.05) is 23.7 Å². The lowest BCUT2D eigenvalue weighted by Crippen LogP contribution is -2.30. The van der Waals surface area contributed by atoms with E-state index < -0.39 is 0 Å². The van der Waals surface area contributed by atoms with E-state index in [4.69, 9.17) is 11.6 Å². The minimum Gasteiger partial charge on any atom is -0.317 e. The molecule has 7 heteroatoms. The van der Waals surface area contributed by atoms with E-state index in [1.807, 2.05) is 41.8 Å². The van der Waals surface area contributed by atoms with E-state index in [0.717, 1.165) is 22.5 Å². The number of hydrogen-bond acceptors (Lipinski definition) is 3. The van der Waals surface area contributed by atoms with Gasteiger partial charge in [0.1, 0.15) is 6.04 Å². The molecule has 3 aromatic rings. The van der Waals surface area contributed by atoms with E-state index in [2.05, 4.69) is 40.8 Å². The third-order valence-electron chi connectivity index (χ3n) is 5.13. The van der Waals surface area contributed by atoms with Crippen LogP contribution in [0.2, 0.25) is 5.02 Å². The van der Waals surface area contributed by atoms with Crippen LogP contribution in [0.1, 0.15) is 58.8 Å². The second-order valence-electron chi connectivity index (χ2n) is 7.32. The maximum Gasteiger partial charge on any atom is 0.279 e. The average molecular weight is 470 g/mol. The molecule has 1 aliphatic heterocycles. The Morgan fingerprint density at radius 3 is 2.48 bits per heavy atom. The largest absolute Gasteiger partial charge is 0.317 e. The molecule has 1 aromatic heterocycles. The minimum absolute atomic E-state index is 0.116. The number of nitrogens with zero attached hydrogens (tertiary/aromatic N) is 4. The fraction of sp³-hybridized carbons (Fsp3) is 0.227. The van der Waals surface area contributed by atoms with Gasteiger partial charge in [0.05, 0.1) is 17.3 Å². The van der Waals surface area contributed by atoms with E-state index >= 15 is 0 Å². The summed E-state index contributed by atoms with van der Waals surface area (Å²) in [5, 5.41) is 9.84. The van der Waals surface area contributed by atoms with Crippen molar-refractivity contribution >= 4 is 39.1 Å². The molecule has 0 N–H and O–H groups in total. The van der Waals surface area contributed by atoms with Crippen molar-refractivity contribution < 1.29 is 4.79 Å². The zero-order valence-electron chi connectivity index (χ0n) is 16.1. The van der Waals surface area contributed by atoms with E-state index in [0.29, 0.717) is 21.0 Å². The lowest BCUT2D eigenvalue weighted by Gasteiger charge is -2.29. The highest BCUT2D eigenvalue weighted by Gasteiger charge is 2.44. The zero-order valence-corrected chi connectivity index (χ0v) is 18.5. The quantitative estimate of drug-likeness (QED) is 0.486. The Morgan fingerprint density at radius 1 is 1.21 bits per heavy atom. The van der Waals surface area contributed by atoms with E-state index in [9.17, 15) is 10.1 Å². The summed E-state index contributed by atoms with van der Waals surface area (Å²) in [7, 11) is 0. The van der Waals surface area contributed by atoms with Gasteiger partial charge in [-0.2, -0.15) is 5.26 Å². The number of hydrogen-bond donors (Lipinski definition) is 0. The molecule has 1 aliphatic rings. The monoisotopic (exact) mass is 468 g/mol. The van der Waals surface area contributed by atoms with Crippen LogP contribution in [0.5, 0.6) is 0 Å². The number of anilines is 1. The summed E-state index contributed by atoms with van der Waals surface area (Å²) in [6, 6.07) is 14.8. The van der Waals surface area contributed by atoms with Gasteiger partial charge in [0.15, 0.2) is 10.4 Å². The van der Waals surface area contributed by atoms with Crippen molar-refractivity contribution in [3.8, 4) is 6.07 Å². The van der Waals surface area contributed by atoms with Crippen LogP contribution < -0.4 is 4.90 Å². The first-order valence-corrected chi connectivity index (χ1v) is 10.4. The summed E-state index contributed by atoms with van der Waals surface area (Å²) in [5.41, 5.74) is 4.41. The maximum atomic E-state index is 13.5. The highest BCUT2D eigenvalue weighted by atomic mass is 79.9. The second kappa shape index (κ2) is 7.33. The van der Waals surface area contributed by atoms with Gasteiger partial charge in [-0.25, -0.2) is 4.98 Å². The number of nitriles is 1. The summed E-state index contributed by atoms with van der Waals surface area (Å²) in [5.74, 6) is -0.159. The van der Waals surface area contributed by atoms with Gasteiger partial charge in [-0.15, -0.1) is 0 Å². The Bertz CT molecular complexity index is 1160. The van der Waals surface area contributed by atoms with E-state index in [1.165, 1.54) is 0 Å². The number of benzene rings is 2. The standard InChI is InChI=1S/C22H18BrClN4O/c1-12(2)27-20-18(26-22(27)23)21(29)28(17-9-4-14(11-25)10-13(17)3)19(20)15-5-7-16(24)8-6-15/h4-10,12,19H,1-3H3. The average Bonchev–Trinajstić information content (AvgIpc) is 3.16. The highest BCUT2D eigenvalue weighted by Crippen LogP contribution is 2.44. The molecule has 1 atom stereocenters. The van der Waals surface area contributed by atoms with E-state index in [1.54, 1.807) is 17.0 Å². The van der Waals surface area contributed by atoms with Crippen LogP contribution in [0.3, 0.4) is 0 Å². The van der Waals surface area contributed by atoms with Crippen LogP contribution in [0.15, 0.2) is 47.2 Å². The number of aromatic nitrogens is 2. The number of aryl methyl sites for hydroxylation is 1. The number of imidazole rings is 1. The molecular weight excluding hydrogens is 452 g/mol. The van der Waals surface area contributed by atoms with Gasteiger partial charge in [0.25, 0.3) is 5.91 Å². The van der Waals surface area contributed by atoms with Crippen molar-refractivity contribution in [2.24, 2.45) is 0 Å². The summed E-state index contributed by atoms with van der Waals surface area (Å²) >= 11 is 9.62. The third-order valence-corrected chi connectivity index (χ3v) is 5.94. The Hall–Kier alpha value is -2.62. The Labute approximate surface area is 182 Å². The summed E-state index contributed by atoms with van der Waals surface area (Å²) < 4.78 is 2.69. The second-order valence-corrected chi connectivity index (χ2v) is 8.47. The van der Waals surface area contributed by atoms with Crippen LogP contribution >= 0.6 is 27.5 Å². The van der Waals surface area contributed by atoms with Gasteiger partial charge in [0, 0.05) is 16.8 Å². The molecule has 146 valence electrons. The number of fused-ring (bicyclic) bond motifs is 1. The highest BCUT2D eigenvalue weighted by molar-refractivity contribution is 9.10. The van der Waals surface area contributed by atoms with Crippen molar-refractivity contribution in [2.45, 2.75) is 32.9 Å². The van der Waals surface area contributed by atoms with Crippen LogP contribution in [0.4, 0.5) is 5.69 Å². The van der Waals surface area contributed by atoms with Gasteiger partial charge in [-0.05, 0) is 78.2 Å². The van der Waals surface area contributed by atoms with E-state index in [-0.39, 0.29) is 18.0 Å². The number of amides is 1. The molecule has 5 nitrogen and oxygen atoms in total. The normalized spacial score (nSPS) is 15.7. The van der Waals surface area contributed by atoms with Crippen LogP contribution in [0, 0.1) is 18.3 Å². The lowest BCUT2D eigenvalue weighted by molar-refractivity contribution is 0.0989. The molecule has 0 spiro atoms. The van der Waals surface area contributed by atoms with Crippen molar-refractivity contribution in [1.82, 2.24) is 9.55 Å². The lowest BCUT2D eigenvalue weighted by atomic mass is 10.0. The summed E-state index contributed by atoms with van der Waals surface area (Å²) in [4.78, 5) is 19.8. The summed E-state index contributed by atoms with van der Waals surface area (Å²) in [6.45, 7) is 6.03. The molecule has 4 rings (SSSR count). The fourth-order valence-electron chi connectivity index (χ4n) is 3.88. The zero-order chi connectivity index (χ0) is 20.9. The first-order chi connectivity index (χ1) is 13.8. The SMILES string of the molecule is Cc1cc(C#N)ccc1N1C(=O)c2nc(Br)n(C(C)C)c2C1c1ccc(Cl)cc1. The van der Waals surface area contributed by atoms with Crippen LogP contribution in [-0.2, 0) is 0 Å². The molecule has 29 heavy (non-hydrogen) atoms. The van der Waals surface area contributed by atoms with Gasteiger partial charge in [0.2, 0.25) is 0 Å². The molecule has 1 unspecified atom stereocenters. The van der Waals surface area contributed by atoms with Gasteiger partial charge >= 0.3 is 0 Å². The molecule has 0 saturated carbocycles. The Balaban J connectivity index is 1.97. The first kappa shape index (κ1) is 19.7. The van der Waals surface area contributed by atoms with Crippen LogP contribution in [-0.4, -0.2) is 15.5 Å². The third kappa shape index (κ3) is 3.15. The predicted molar refractivity (Wildman–Crippen MR) is 116 cm³/mol.